The third-order valence-corrected chi connectivity index (χ3v) is 3.90. The van der Waals surface area contributed by atoms with Gasteiger partial charge >= 0.3 is 0 Å². The van der Waals surface area contributed by atoms with Gasteiger partial charge in [-0.3, -0.25) is 0 Å². The van der Waals surface area contributed by atoms with E-state index in [-0.39, 0.29) is 0 Å². The quantitative estimate of drug-likeness (QED) is 0.764. The molecule has 3 aromatic heterocycles. The van der Waals surface area contributed by atoms with E-state index in [1.807, 2.05) is 30.3 Å². The summed E-state index contributed by atoms with van der Waals surface area (Å²) in [6.07, 6.45) is 2.93. The molecule has 112 valence electrons. The molecule has 1 saturated heterocycles. The van der Waals surface area contributed by atoms with E-state index in [2.05, 4.69) is 35.8 Å². The van der Waals surface area contributed by atoms with Crippen LogP contribution in [0.4, 0.5) is 11.6 Å². The van der Waals surface area contributed by atoms with E-state index in [1.54, 1.807) is 6.20 Å². The molecule has 1 atom stereocenters. The normalized spacial score (nSPS) is 18.0. The second-order valence-electron chi connectivity index (χ2n) is 5.41. The number of anilines is 2. The molecule has 8 heteroatoms. The van der Waals surface area contributed by atoms with E-state index in [0.29, 0.717) is 11.6 Å². The molecule has 0 amide bonds. The SMILES string of the molecule is c1ccc(NC[C@@H]2CCN(c3ccc4nnnn4n3)C2)nc1. The topological polar surface area (TPSA) is 84.1 Å². The highest BCUT2D eigenvalue weighted by Crippen LogP contribution is 2.22. The molecule has 0 spiro atoms. The molecule has 22 heavy (non-hydrogen) atoms. The molecule has 8 nitrogen and oxygen atoms in total. The molecule has 4 heterocycles. The van der Waals surface area contributed by atoms with E-state index in [0.717, 1.165) is 37.7 Å². The number of aromatic nitrogens is 6. The first-order valence-electron chi connectivity index (χ1n) is 7.34. The minimum atomic E-state index is 0.577. The predicted molar refractivity (Wildman–Crippen MR) is 81.6 cm³/mol. The van der Waals surface area contributed by atoms with Crippen molar-refractivity contribution in [2.45, 2.75) is 6.42 Å². The predicted octanol–water partition coefficient (Wildman–Crippen LogP) is 0.853. The molecule has 0 saturated carbocycles. The first-order chi connectivity index (χ1) is 10.9. The molecule has 0 aliphatic carbocycles. The minimum absolute atomic E-state index is 0.577. The minimum Gasteiger partial charge on any atom is -0.370 e. The summed E-state index contributed by atoms with van der Waals surface area (Å²) in [5, 5.41) is 19.2. The molecule has 1 fully saturated rings. The zero-order valence-corrected chi connectivity index (χ0v) is 12.0. The van der Waals surface area contributed by atoms with Gasteiger partial charge in [0.15, 0.2) is 11.5 Å². The molecule has 0 aromatic carbocycles. The number of hydrogen-bond acceptors (Lipinski definition) is 7. The zero-order valence-electron chi connectivity index (χ0n) is 12.0. The van der Waals surface area contributed by atoms with Crippen LogP contribution in [0.2, 0.25) is 0 Å². The standard InChI is InChI=1S/C14H16N8/c1-2-7-15-12(3-1)16-9-11-6-8-21(10-11)14-5-4-13-17-19-20-22(13)18-14/h1-5,7,11H,6,8-10H2,(H,15,16)/t11-/m0/s1. The van der Waals surface area contributed by atoms with E-state index in [1.165, 1.54) is 4.63 Å². The highest BCUT2D eigenvalue weighted by atomic mass is 15.6. The van der Waals surface area contributed by atoms with Crippen molar-refractivity contribution < 1.29 is 0 Å². The fourth-order valence-corrected chi connectivity index (χ4v) is 2.73. The van der Waals surface area contributed by atoms with Gasteiger partial charge in [0.05, 0.1) is 0 Å². The number of hydrogen-bond donors (Lipinski definition) is 1. The van der Waals surface area contributed by atoms with Gasteiger partial charge in [-0.05, 0) is 47.0 Å². The molecule has 4 rings (SSSR count). The van der Waals surface area contributed by atoms with Gasteiger partial charge in [0.2, 0.25) is 0 Å². The summed E-state index contributed by atoms with van der Waals surface area (Å²) in [5.74, 6) is 2.42. The Bertz CT molecular complexity index is 756. The first kappa shape index (κ1) is 12.9. The summed E-state index contributed by atoms with van der Waals surface area (Å²) >= 11 is 0. The van der Waals surface area contributed by atoms with Crippen molar-refractivity contribution in [1.82, 2.24) is 30.2 Å². The van der Waals surface area contributed by atoms with Gasteiger partial charge in [-0.1, -0.05) is 6.07 Å². The van der Waals surface area contributed by atoms with Crippen molar-refractivity contribution in [1.29, 1.82) is 0 Å². The second kappa shape index (κ2) is 5.55. The number of rotatable bonds is 4. The lowest BCUT2D eigenvalue weighted by Crippen LogP contribution is -2.24. The third-order valence-electron chi connectivity index (χ3n) is 3.90. The van der Waals surface area contributed by atoms with Crippen LogP contribution >= 0.6 is 0 Å². The van der Waals surface area contributed by atoms with Crippen molar-refractivity contribution in [2.75, 3.05) is 29.9 Å². The number of fused-ring (bicyclic) bond motifs is 1. The average Bonchev–Trinajstić information content (AvgIpc) is 3.22. The Hall–Kier alpha value is -2.77. The zero-order chi connectivity index (χ0) is 14.8. The van der Waals surface area contributed by atoms with E-state index in [4.69, 9.17) is 0 Å². The van der Waals surface area contributed by atoms with Crippen molar-refractivity contribution in [3.63, 3.8) is 0 Å². The smallest absolute Gasteiger partial charge is 0.200 e. The molecule has 1 aliphatic rings. The van der Waals surface area contributed by atoms with Gasteiger partial charge in [0, 0.05) is 25.8 Å². The van der Waals surface area contributed by atoms with Crippen LogP contribution in [0.1, 0.15) is 6.42 Å². The Labute approximate surface area is 127 Å². The van der Waals surface area contributed by atoms with Crippen molar-refractivity contribution in [3.05, 3.63) is 36.5 Å². The van der Waals surface area contributed by atoms with Gasteiger partial charge in [-0.15, -0.1) is 14.8 Å². The summed E-state index contributed by atoms with van der Waals surface area (Å²) in [4.78, 5) is 6.55. The third kappa shape index (κ3) is 2.54. The first-order valence-corrected chi connectivity index (χ1v) is 7.34. The van der Waals surface area contributed by atoms with Crippen molar-refractivity contribution >= 4 is 17.3 Å². The largest absolute Gasteiger partial charge is 0.370 e. The van der Waals surface area contributed by atoms with Gasteiger partial charge in [-0.25, -0.2) is 4.98 Å². The number of nitrogens with one attached hydrogen (secondary N) is 1. The summed E-state index contributed by atoms with van der Waals surface area (Å²) in [6.45, 7) is 2.89. The summed E-state index contributed by atoms with van der Waals surface area (Å²) in [7, 11) is 0. The summed E-state index contributed by atoms with van der Waals surface area (Å²) < 4.78 is 1.47. The Morgan fingerprint density at radius 1 is 1.23 bits per heavy atom. The molecular formula is C14H16N8. The van der Waals surface area contributed by atoms with E-state index < -0.39 is 0 Å². The Balaban J connectivity index is 1.39. The van der Waals surface area contributed by atoms with Crippen LogP contribution in [0.15, 0.2) is 36.5 Å². The van der Waals surface area contributed by atoms with Gasteiger partial charge in [-0.2, -0.15) is 0 Å². The van der Waals surface area contributed by atoms with Crippen molar-refractivity contribution in [3.8, 4) is 0 Å². The Morgan fingerprint density at radius 2 is 2.23 bits per heavy atom. The lowest BCUT2D eigenvalue weighted by atomic mass is 10.1. The molecule has 0 bridgehead atoms. The van der Waals surface area contributed by atoms with Crippen molar-refractivity contribution in [2.24, 2.45) is 5.92 Å². The molecule has 0 radical (unpaired) electrons. The fourth-order valence-electron chi connectivity index (χ4n) is 2.73. The van der Waals surface area contributed by atoms with Gasteiger partial charge in [0.1, 0.15) is 5.82 Å². The maximum atomic E-state index is 4.44. The number of tetrazole rings is 1. The number of nitrogens with zero attached hydrogens (tertiary/aromatic N) is 7. The summed E-state index contributed by atoms with van der Waals surface area (Å²) in [6, 6.07) is 9.76. The van der Waals surface area contributed by atoms with Crippen LogP contribution < -0.4 is 10.2 Å². The van der Waals surface area contributed by atoms with Crippen LogP contribution in [0.5, 0.6) is 0 Å². The maximum Gasteiger partial charge on any atom is 0.200 e. The highest BCUT2D eigenvalue weighted by Gasteiger charge is 2.23. The second-order valence-corrected chi connectivity index (χ2v) is 5.41. The lowest BCUT2D eigenvalue weighted by molar-refractivity contribution is 0.619. The van der Waals surface area contributed by atoms with Crippen LogP contribution in [-0.2, 0) is 0 Å². The van der Waals surface area contributed by atoms with Crippen LogP contribution in [0.25, 0.3) is 5.65 Å². The fraction of sp³-hybridized carbons (Fsp3) is 0.357. The monoisotopic (exact) mass is 296 g/mol. The molecule has 1 aliphatic heterocycles. The van der Waals surface area contributed by atoms with E-state index >= 15 is 0 Å². The Kier molecular flexibility index (Phi) is 3.26. The van der Waals surface area contributed by atoms with Gasteiger partial charge in [0.25, 0.3) is 0 Å². The highest BCUT2D eigenvalue weighted by molar-refractivity contribution is 5.45. The van der Waals surface area contributed by atoms with Crippen LogP contribution in [0.3, 0.4) is 0 Å². The van der Waals surface area contributed by atoms with Gasteiger partial charge < -0.3 is 10.2 Å². The van der Waals surface area contributed by atoms with Crippen LogP contribution in [0, 0.1) is 5.92 Å². The lowest BCUT2D eigenvalue weighted by Gasteiger charge is -2.17. The van der Waals surface area contributed by atoms with Crippen LogP contribution in [-0.4, -0.2) is 49.9 Å². The van der Waals surface area contributed by atoms with E-state index in [9.17, 15) is 0 Å². The Morgan fingerprint density at radius 3 is 3.14 bits per heavy atom. The maximum absolute atomic E-state index is 4.44. The molecular weight excluding hydrogens is 280 g/mol. The summed E-state index contributed by atoms with van der Waals surface area (Å²) in [5.41, 5.74) is 0.663. The molecule has 1 N–H and O–H groups in total. The average molecular weight is 296 g/mol. The molecule has 0 unspecified atom stereocenters. The molecule has 3 aromatic rings. The number of pyridine rings is 1.